The summed E-state index contributed by atoms with van der Waals surface area (Å²) in [6.07, 6.45) is 4.45. The molecule has 0 bridgehead atoms. The lowest BCUT2D eigenvalue weighted by atomic mass is 9.91. The lowest BCUT2D eigenvalue weighted by Crippen LogP contribution is -2.31. The van der Waals surface area contributed by atoms with E-state index in [1.54, 1.807) is 0 Å². The third-order valence-electron chi connectivity index (χ3n) is 3.54. The summed E-state index contributed by atoms with van der Waals surface area (Å²) in [5.74, 6) is 3.26. The van der Waals surface area contributed by atoms with E-state index in [1.165, 1.54) is 32.4 Å². The van der Waals surface area contributed by atoms with Crippen LogP contribution in [-0.2, 0) is 0 Å². The van der Waals surface area contributed by atoms with Crippen molar-refractivity contribution in [3.8, 4) is 0 Å². The first-order chi connectivity index (χ1) is 6.27. The fourth-order valence-electron chi connectivity index (χ4n) is 2.46. The molecule has 1 aliphatic heterocycles. The fourth-order valence-corrected chi connectivity index (χ4v) is 2.46. The summed E-state index contributed by atoms with van der Waals surface area (Å²) < 4.78 is 0. The van der Waals surface area contributed by atoms with Crippen molar-refractivity contribution >= 4 is 0 Å². The molecule has 0 amide bonds. The molecule has 2 aliphatic rings. The number of piperidine rings is 1. The van der Waals surface area contributed by atoms with Crippen molar-refractivity contribution < 1.29 is 0 Å². The second kappa shape index (κ2) is 4.99. The van der Waals surface area contributed by atoms with Gasteiger partial charge in [0.2, 0.25) is 0 Å². The van der Waals surface area contributed by atoms with Crippen LogP contribution in [0.1, 0.15) is 40.0 Å². The van der Waals surface area contributed by atoms with E-state index in [2.05, 4.69) is 18.9 Å². The highest BCUT2D eigenvalue weighted by Gasteiger charge is 2.39. The van der Waals surface area contributed by atoms with Crippen LogP contribution >= 0.6 is 0 Å². The highest BCUT2D eigenvalue weighted by molar-refractivity contribution is 4.90. The van der Waals surface area contributed by atoms with E-state index in [9.17, 15) is 0 Å². The fraction of sp³-hybridized carbons (Fsp3) is 1.00. The van der Waals surface area contributed by atoms with Crippen molar-refractivity contribution in [2.75, 3.05) is 20.1 Å². The van der Waals surface area contributed by atoms with E-state index in [0.717, 1.165) is 17.8 Å². The lowest BCUT2D eigenvalue weighted by molar-refractivity contribution is 0.200. The van der Waals surface area contributed by atoms with E-state index < -0.39 is 0 Å². The Labute approximate surface area is 83.5 Å². The van der Waals surface area contributed by atoms with E-state index >= 15 is 0 Å². The van der Waals surface area contributed by atoms with Crippen molar-refractivity contribution in [3.63, 3.8) is 0 Å². The first-order valence-corrected chi connectivity index (χ1v) is 5.96. The molecule has 0 radical (unpaired) electrons. The SMILES string of the molecule is CC.CC1CC1C1CCN(C)CC1. The highest BCUT2D eigenvalue weighted by atomic mass is 15.1. The minimum Gasteiger partial charge on any atom is -0.306 e. The van der Waals surface area contributed by atoms with E-state index in [4.69, 9.17) is 0 Å². The summed E-state index contributed by atoms with van der Waals surface area (Å²) in [6.45, 7) is 9.09. The molecule has 2 atom stereocenters. The van der Waals surface area contributed by atoms with Crippen LogP contribution in [0.25, 0.3) is 0 Å². The Morgan fingerprint density at radius 1 is 1.08 bits per heavy atom. The lowest BCUT2D eigenvalue weighted by Gasteiger charge is -2.29. The van der Waals surface area contributed by atoms with Gasteiger partial charge in [-0.15, -0.1) is 0 Å². The average molecular weight is 183 g/mol. The quantitative estimate of drug-likeness (QED) is 0.604. The first kappa shape index (κ1) is 11.0. The van der Waals surface area contributed by atoms with Gasteiger partial charge in [-0.3, -0.25) is 0 Å². The van der Waals surface area contributed by atoms with Crippen LogP contribution in [0, 0.1) is 17.8 Å². The molecule has 2 rings (SSSR count). The monoisotopic (exact) mass is 183 g/mol. The van der Waals surface area contributed by atoms with E-state index in [0.29, 0.717) is 0 Å². The minimum atomic E-state index is 1.06. The normalized spacial score (nSPS) is 35.1. The van der Waals surface area contributed by atoms with Crippen LogP contribution < -0.4 is 0 Å². The second-order valence-electron chi connectivity index (χ2n) is 4.52. The first-order valence-electron chi connectivity index (χ1n) is 5.96. The highest BCUT2D eigenvalue weighted by Crippen LogP contribution is 2.47. The average Bonchev–Trinajstić information content (AvgIpc) is 2.88. The second-order valence-corrected chi connectivity index (χ2v) is 4.52. The molecular weight excluding hydrogens is 158 g/mol. The van der Waals surface area contributed by atoms with Crippen molar-refractivity contribution in [3.05, 3.63) is 0 Å². The molecule has 1 nitrogen and oxygen atoms in total. The molecule has 1 saturated heterocycles. The zero-order chi connectivity index (χ0) is 9.84. The summed E-state index contributed by atoms with van der Waals surface area (Å²) in [7, 11) is 2.24. The number of likely N-dealkylation sites (tertiary alicyclic amines) is 1. The Kier molecular flexibility index (Phi) is 4.24. The van der Waals surface area contributed by atoms with E-state index in [-0.39, 0.29) is 0 Å². The van der Waals surface area contributed by atoms with Crippen LogP contribution in [0.15, 0.2) is 0 Å². The van der Waals surface area contributed by atoms with Gasteiger partial charge in [-0.1, -0.05) is 20.8 Å². The van der Waals surface area contributed by atoms with Gasteiger partial charge in [0.1, 0.15) is 0 Å². The van der Waals surface area contributed by atoms with Gasteiger partial charge in [0.25, 0.3) is 0 Å². The van der Waals surface area contributed by atoms with Gasteiger partial charge in [-0.25, -0.2) is 0 Å². The Bertz CT molecular complexity index is 136. The predicted octanol–water partition coefficient (Wildman–Crippen LogP) is 3.01. The van der Waals surface area contributed by atoms with Gasteiger partial charge in [-0.05, 0) is 57.2 Å². The smallest absolute Gasteiger partial charge is 0.00190 e. The molecule has 1 saturated carbocycles. The largest absolute Gasteiger partial charge is 0.306 e. The summed E-state index contributed by atoms with van der Waals surface area (Å²) in [4.78, 5) is 2.46. The van der Waals surface area contributed by atoms with Crippen LogP contribution in [0.5, 0.6) is 0 Å². The third-order valence-corrected chi connectivity index (χ3v) is 3.54. The van der Waals surface area contributed by atoms with Crippen LogP contribution in [0.2, 0.25) is 0 Å². The molecular formula is C12H25N. The molecule has 0 spiro atoms. The summed E-state index contributed by atoms with van der Waals surface area (Å²) >= 11 is 0. The van der Waals surface area contributed by atoms with Gasteiger partial charge in [-0.2, -0.15) is 0 Å². The van der Waals surface area contributed by atoms with Gasteiger partial charge in [0, 0.05) is 0 Å². The molecule has 1 heteroatoms. The topological polar surface area (TPSA) is 3.24 Å². The molecule has 2 unspecified atom stereocenters. The standard InChI is InChI=1S/C10H19N.C2H6/c1-8-7-10(8)9-3-5-11(2)6-4-9;1-2/h8-10H,3-7H2,1-2H3;1-2H3. The zero-order valence-electron chi connectivity index (χ0n) is 9.71. The van der Waals surface area contributed by atoms with Crippen LogP contribution in [0.4, 0.5) is 0 Å². The molecule has 13 heavy (non-hydrogen) atoms. The van der Waals surface area contributed by atoms with Crippen molar-refractivity contribution in [1.29, 1.82) is 0 Å². The van der Waals surface area contributed by atoms with Crippen LogP contribution in [-0.4, -0.2) is 25.0 Å². The minimum absolute atomic E-state index is 1.06. The Balaban J connectivity index is 0.000000396. The van der Waals surface area contributed by atoms with Crippen molar-refractivity contribution in [1.82, 2.24) is 4.90 Å². The number of hydrogen-bond donors (Lipinski definition) is 0. The molecule has 0 aromatic heterocycles. The molecule has 1 aliphatic carbocycles. The number of rotatable bonds is 1. The predicted molar refractivity (Wildman–Crippen MR) is 58.8 cm³/mol. The zero-order valence-corrected chi connectivity index (χ0v) is 9.71. The van der Waals surface area contributed by atoms with E-state index in [1.807, 2.05) is 13.8 Å². The van der Waals surface area contributed by atoms with Crippen molar-refractivity contribution in [2.24, 2.45) is 17.8 Å². The molecule has 0 aromatic rings. The van der Waals surface area contributed by atoms with Gasteiger partial charge in [0.05, 0.1) is 0 Å². The summed E-state index contributed by atoms with van der Waals surface area (Å²) in [6, 6.07) is 0. The maximum absolute atomic E-state index is 2.46. The number of hydrogen-bond acceptors (Lipinski definition) is 1. The van der Waals surface area contributed by atoms with Crippen molar-refractivity contribution in [2.45, 2.75) is 40.0 Å². The summed E-state index contributed by atoms with van der Waals surface area (Å²) in [5, 5.41) is 0. The molecule has 0 N–H and O–H groups in total. The van der Waals surface area contributed by atoms with Gasteiger partial charge < -0.3 is 4.90 Å². The third kappa shape index (κ3) is 2.98. The summed E-state index contributed by atoms with van der Waals surface area (Å²) in [5.41, 5.74) is 0. The van der Waals surface area contributed by atoms with Crippen LogP contribution in [0.3, 0.4) is 0 Å². The molecule has 0 aromatic carbocycles. The van der Waals surface area contributed by atoms with Gasteiger partial charge in [0.15, 0.2) is 0 Å². The molecule has 78 valence electrons. The molecule has 1 heterocycles. The molecule has 2 fully saturated rings. The number of nitrogens with zero attached hydrogens (tertiary/aromatic N) is 1. The van der Waals surface area contributed by atoms with Gasteiger partial charge >= 0.3 is 0 Å². The Morgan fingerprint density at radius 3 is 1.92 bits per heavy atom. The Hall–Kier alpha value is -0.0400. The Morgan fingerprint density at radius 2 is 1.54 bits per heavy atom. The maximum Gasteiger partial charge on any atom is -0.00190 e. The maximum atomic E-state index is 2.46.